The van der Waals surface area contributed by atoms with E-state index >= 15 is 0 Å². The molecule has 0 fully saturated rings. The highest BCUT2D eigenvalue weighted by Gasteiger charge is 2.31. The van der Waals surface area contributed by atoms with Gasteiger partial charge in [-0.1, -0.05) is 58.9 Å². The zero-order valence-electron chi connectivity index (χ0n) is 23.1. The van der Waals surface area contributed by atoms with Crippen LogP contribution >= 0.6 is 0 Å². The summed E-state index contributed by atoms with van der Waals surface area (Å²) in [6, 6.07) is 13.7. The molecule has 0 radical (unpaired) electrons. The minimum Gasteiger partial charge on any atom is -0.497 e. The number of rotatable bonds is 12. The van der Waals surface area contributed by atoms with Crippen LogP contribution in [-0.2, 0) is 31.6 Å². The molecule has 1 atom stereocenters. The lowest BCUT2D eigenvalue weighted by atomic mass is 9.87. The van der Waals surface area contributed by atoms with Crippen molar-refractivity contribution < 1.29 is 22.7 Å². The molecule has 0 saturated carbocycles. The summed E-state index contributed by atoms with van der Waals surface area (Å²) in [5.41, 5.74) is 2.12. The van der Waals surface area contributed by atoms with E-state index < -0.39 is 28.5 Å². The van der Waals surface area contributed by atoms with Crippen LogP contribution in [0, 0.1) is 0 Å². The SMILES string of the molecule is CCCNC(=O)C(CC)N(Cc1cccc(OC)c1)C(=O)CN(c1ccc(C(C)(C)C)cc1)S(C)(=O)=O. The fourth-order valence-electron chi connectivity index (χ4n) is 3.99. The van der Waals surface area contributed by atoms with Gasteiger partial charge in [-0.15, -0.1) is 0 Å². The van der Waals surface area contributed by atoms with Crippen molar-refractivity contribution in [1.29, 1.82) is 0 Å². The topological polar surface area (TPSA) is 96.0 Å². The van der Waals surface area contributed by atoms with Crippen LogP contribution < -0.4 is 14.4 Å². The molecule has 0 aliphatic carbocycles. The predicted octanol–water partition coefficient (Wildman–Crippen LogP) is 4.09. The van der Waals surface area contributed by atoms with Gasteiger partial charge in [0.2, 0.25) is 21.8 Å². The molecule has 2 amide bonds. The molecule has 2 rings (SSSR count). The fourth-order valence-corrected chi connectivity index (χ4v) is 4.84. The van der Waals surface area contributed by atoms with Gasteiger partial charge >= 0.3 is 0 Å². The van der Waals surface area contributed by atoms with Crippen molar-refractivity contribution in [3.05, 3.63) is 59.7 Å². The Morgan fingerprint density at radius 1 is 1.05 bits per heavy atom. The van der Waals surface area contributed by atoms with Crippen molar-refractivity contribution in [3.8, 4) is 5.75 Å². The third-order valence-electron chi connectivity index (χ3n) is 6.12. The Morgan fingerprint density at radius 2 is 1.70 bits per heavy atom. The molecular formula is C28H41N3O5S. The van der Waals surface area contributed by atoms with Gasteiger partial charge in [-0.2, -0.15) is 0 Å². The van der Waals surface area contributed by atoms with E-state index in [-0.39, 0.29) is 17.9 Å². The number of carbonyl (C=O) groups excluding carboxylic acids is 2. The van der Waals surface area contributed by atoms with Crippen LogP contribution in [0.3, 0.4) is 0 Å². The third-order valence-corrected chi connectivity index (χ3v) is 7.26. The number of hydrogen-bond acceptors (Lipinski definition) is 5. The largest absolute Gasteiger partial charge is 0.497 e. The second-order valence-electron chi connectivity index (χ2n) is 10.2. The molecule has 0 saturated heterocycles. The summed E-state index contributed by atoms with van der Waals surface area (Å²) in [4.78, 5) is 28.2. The maximum absolute atomic E-state index is 13.7. The van der Waals surface area contributed by atoms with Crippen LogP contribution in [-0.4, -0.2) is 57.6 Å². The zero-order valence-corrected chi connectivity index (χ0v) is 23.9. The molecule has 0 bridgehead atoms. The van der Waals surface area contributed by atoms with Crippen LogP contribution in [0.5, 0.6) is 5.75 Å². The Balaban J connectivity index is 2.45. The molecule has 0 aliphatic rings. The lowest BCUT2D eigenvalue weighted by Gasteiger charge is -2.33. The van der Waals surface area contributed by atoms with Gasteiger partial charge in [0.1, 0.15) is 18.3 Å². The van der Waals surface area contributed by atoms with Gasteiger partial charge in [-0.05, 0) is 53.6 Å². The number of methoxy groups -OCH3 is 1. The fraction of sp³-hybridized carbons (Fsp3) is 0.500. The summed E-state index contributed by atoms with van der Waals surface area (Å²) in [5.74, 6) is -0.0993. The van der Waals surface area contributed by atoms with E-state index in [9.17, 15) is 18.0 Å². The number of nitrogens with zero attached hydrogens (tertiary/aromatic N) is 2. The number of anilines is 1. The van der Waals surface area contributed by atoms with Gasteiger partial charge in [0.15, 0.2) is 0 Å². The van der Waals surface area contributed by atoms with E-state index in [2.05, 4.69) is 26.1 Å². The van der Waals surface area contributed by atoms with E-state index in [4.69, 9.17) is 4.74 Å². The van der Waals surface area contributed by atoms with Crippen molar-refractivity contribution in [3.63, 3.8) is 0 Å². The maximum Gasteiger partial charge on any atom is 0.244 e. The van der Waals surface area contributed by atoms with Gasteiger partial charge in [0.05, 0.1) is 19.1 Å². The van der Waals surface area contributed by atoms with Crippen LogP contribution in [0.2, 0.25) is 0 Å². The van der Waals surface area contributed by atoms with Crippen molar-refractivity contribution in [2.24, 2.45) is 0 Å². The van der Waals surface area contributed by atoms with E-state index in [1.54, 1.807) is 31.4 Å². The number of benzene rings is 2. The normalized spacial score (nSPS) is 12.5. The van der Waals surface area contributed by atoms with E-state index in [1.807, 2.05) is 38.1 Å². The van der Waals surface area contributed by atoms with Gasteiger partial charge < -0.3 is 15.0 Å². The third kappa shape index (κ3) is 8.49. The molecule has 0 aromatic heterocycles. The molecule has 0 aliphatic heterocycles. The molecule has 1 unspecified atom stereocenters. The number of ether oxygens (including phenoxy) is 1. The zero-order chi connectivity index (χ0) is 27.8. The predicted molar refractivity (Wildman–Crippen MR) is 148 cm³/mol. The van der Waals surface area contributed by atoms with E-state index in [1.165, 1.54) is 4.90 Å². The highest BCUT2D eigenvalue weighted by molar-refractivity contribution is 7.92. The Morgan fingerprint density at radius 3 is 2.22 bits per heavy atom. The molecule has 204 valence electrons. The molecular weight excluding hydrogens is 490 g/mol. The molecule has 2 aromatic rings. The molecule has 37 heavy (non-hydrogen) atoms. The van der Waals surface area contributed by atoms with Crippen molar-refractivity contribution in [1.82, 2.24) is 10.2 Å². The maximum atomic E-state index is 13.7. The number of amides is 2. The number of sulfonamides is 1. The Labute approximate surface area is 222 Å². The summed E-state index contributed by atoms with van der Waals surface area (Å²) < 4.78 is 32.0. The second kappa shape index (κ2) is 12.9. The first kappa shape index (κ1) is 30.2. The Kier molecular flexibility index (Phi) is 10.5. The number of hydrogen-bond donors (Lipinski definition) is 1. The number of carbonyl (C=O) groups is 2. The Bertz CT molecular complexity index is 1160. The summed E-state index contributed by atoms with van der Waals surface area (Å²) in [6.45, 7) is 10.2. The molecule has 0 spiro atoms. The standard InChI is InChI=1S/C28H41N3O5S/c1-8-17-29-27(33)25(9-2)30(19-21-11-10-12-24(18-21)36-6)26(32)20-31(37(7,34)35)23-15-13-22(14-16-23)28(3,4)5/h10-16,18,25H,8-9,17,19-20H2,1-7H3,(H,29,33). The summed E-state index contributed by atoms with van der Waals surface area (Å²) in [7, 11) is -2.22. The van der Waals surface area contributed by atoms with Crippen LogP contribution in [0.25, 0.3) is 0 Å². The van der Waals surface area contributed by atoms with E-state index in [0.29, 0.717) is 24.4 Å². The van der Waals surface area contributed by atoms with Gasteiger partial charge in [-0.25, -0.2) is 8.42 Å². The summed E-state index contributed by atoms with van der Waals surface area (Å²) in [6.07, 6.45) is 2.22. The van der Waals surface area contributed by atoms with Crippen LogP contribution in [0.4, 0.5) is 5.69 Å². The molecule has 9 heteroatoms. The Hall–Kier alpha value is -3.07. The van der Waals surface area contributed by atoms with Crippen molar-refractivity contribution in [2.75, 3.05) is 30.8 Å². The van der Waals surface area contributed by atoms with Gasteiger partial charge in [-0.3, -0.25) is 13.9 Å². The van der Waals surface area contributed by atoms with Gasteiger partial charge in [0.25, 0.3) is 0 Å². The molecule has 1 N–H and O–H groups in total. The van der Waals surface area contributed by atoms with Crippen LogP contribution in [0.15, 0.2) is 48.5 Å². The van der Waals surface area contributed by atoms with Crippen molar-refractivity contribution in [2.45, 2.75) is 65.5 Å². The second-order valence-corrected chi connectivity index (χ2v) is 12.1. The first-order valence-corrected chi connectivity index (χ1v) is 14.4. The summed E-state index contributed by atoms with van der Waals surface area (Å²) in [5, 5.41) is 2.87. The van der Waals surface area contributed by atoms with Gasteiger partial charge in [0, 0.05) is 13.1 Å². The molecule has 2 aromatic carbocycles. The smallest absolute Gasteiger partial charge is 0.244 e. The monoisotopic (exact) mass is 531 g/mol. The summed E-state index contributed by atoms with van der Waals surface area (Å²) >= 11 is 0. The quantitative estimate of drug-likeness (QED) is 0.445. The molecule has 8 nitrogen and oxygen atoms in total. The highest BCUT2D eigenvalue weighted by Crippen LogP contribution is 2.26. The lowest BCUT2D eigenvalue weighted by Crippen LogP contribution is -2.52. The lowest BCUT2D eigenvalue weighted by molar-refractivity contribution is -0.140. The van der Waals surface area contributed by atoms with E-state index in [0.717, 1.165) is 28.1 Å². The minimum atomic E-state index is -3.78. The first-order valence-electron chi connectivity index (χ1n) is 12.6. The minimum absolute atomic E-state index is 0.0992. The average molecular weight is 532 g/mol. The van der Waals surface area contributed by atoms with Crippen molar-refractivity contribution >= 4 is 27.5 Å². The number of nitrogens with one attached hydrogen (secondary N) is 1. The molecule has 0 heterocycles. The van der Waals surface area contributed by atoms with Crippen LogP contribution in [0.1, 0.15) is 58.6 Å². The highest BCUT2D eigenvalue weighted by atomic mass is 32.2. The average Bonchev–Trinajstić information content (AvgIpc) is 2.84. The first-order chi connectivity index (χ1) is 17.3.